The van der Waals surface area contributed by atoms with Gasteiger partial charge in [0.2, 0.25) is 5.82 Å². The topological polar surface area (TPSA) is 52.6 Å². The van der Waals surface area contributed by atoms with E-state index in [-0.39, 0.29) is 6.61 Å². The Morgan fingerprint density at radius 3 is 1.84 bits per heavy atom. The van der Waals surface area contributed by atoms with E-state index < -0.39 is 40.6 Å². The number of carbonyl (C=O) groups excluding carboxylic acids is 2. The summed E-state index contributed by atoms with van der Waals surface area (Å²) in [5, 5.41) is 0. The standard InChI is InChI=1S/C24H35F3O4/c1-4-5-6-7-8-9-10-11-12-13-14-17-30-22(28)24(2,3)23(29)31-19-16-15-18(25)20(26)21(19)27/h15-16H,4-14,17H2,1-3H3. The number of benzene rings is 1. The summed E-state index contributed by atoms with van der Waals surface area (Å²) in [5.41, 5.74) is -1.71. The molecule has 0 aromatic heterocycles. The molecule has 1 aromatic carbocycles. The van der Waals surface area contributed by atoms with E-state index in [1.165, 1.54) is 58.8 Å². The first-order valence-electron chi connectivity index (χ1n) is 11.2. The lowest BCUT2D eigenvalue weighted by Gasteiger charge is -2.20. The highest BCUT2D eigenvalue weighted by atomic mass is 19.2. The fourth-order valence-electron chi connectivity index (χ4n) is 3.01. The summed E-state index contributed by atoms with van der Waals surface area (Å²) >= 11 is 0. The molecule has 0 unspecified atom stereocenters. The van der Waals surface area contributed by atoms with Gasteiger partial charge in [-0.3, -0.25) is 9.59 Å². The summed E-state index contributed by atoms with van der Waals surface area (Å²) in [5.74, 6) is -7.48. The molecule has 0 N–H and O–H groups in total. The Labute approximate surface area is 183 Å². The number of esters is 2. The molecule has 31 heavy (non-hydrogen) atoms. The summed E-state index contributed by atoms with van der Waals surface area (Å²) in [6.45, 7) is 4.93. The number of hydrogen-bond donors (Lipinski definition) is 0. The van der Waals surface area contributed by atoms with Crippen molar-refractivity contribution in [1.82, 2.24) is 0 Å². The average molecular weight is 445 g/mol. The maximum Gasteiger partial charge on any atom is 0.328 e. The quantitative estimate of drug-likeness (QED) is 0.0972. The zero-order valence-electron chi connectivity index (χ0n) is 18.9. The number of carbonyl (C=O) groups is 2. The lowest BCUT2D eigenvalue weighted by molar-refractivity contribution is -0.164. The molecule has 0 heterocycles. The van der Waals surface area contributed by atoms with Crippen molar-refractivity contribution in [3.05, 3.63) is 29.6 Å². The van der Waals surface area contributed by atoms with Crippen LogP contribution in [0, 0.1) is 22.9 Å². The molecule has 0 bridgehead atoms. The molecule has 0 amide bonds. The summed E-state index contributed by atoms with van der Waals surface area (Å²) in [6, 6.07) is 1.43. The zero-order chi connectivity index (χ0) is 23.3. The van der Waals surface area contributed by atoms with Crippen LogP contribution in [0.1, 0.15) is 91.4 Å². The molecule has 0 radical (unpaired) electrons. The molecule has 0 saturated carbocycles. The molecule has 0 spiro atoms. The molecule has 0 atom stereocenters. The molecule has 0 aliphatic heterocycles. The van der Waals surface area contributed by atoms with Gasteiger partial charge < -0.3 is 9.47 Å². The van der Waals surface area contributed by atoms with E-state index in [0.29, 0.717) is 12.5 Å². The van der Waals surface area contributed by atoms with Crippen LogP contribution in [0.3, 0.4) is 0 Å². The van der Waals surface area contributed by atoms with Gasteiger partial charge in [-0.1, -0.05) is 71.1 Å². The minimum Gasteiger partial charge on any atom is -0.465 e. The molecule has 7 heteroatoms. The minimum absolute atomic E-state index is 0.173. The van der Waals surface area contributed by atoms with Gasteiger partial charge in [-0.15, -0.1) is 0 Å². The van der Waals surface area contributed by atoms with Crippen LogP contribution in [0.15, 0.2) is 12.1 Å². The number of unbranched alkanes of at least 4 members (excludes halogenated alkanes) is 10. The van der Waals surface area contributed by atoms with Gasteiger partial charge in [-0.25, -0.2) is 8.78 Å². The van der Waals surface area contributed by atoms with Crippen molar-refractivity contribution in [2.75, 3.05) is 6.61 Å². The lowest BCUT2D eigenvalue weighted by atomic mass is 9.94. The highest BCUT2D eigenvalue weighted by Gasteiger charge is 2.40. The summed E-state index contributed by atoms with van der Waals surface area (Å²) < 4.78 is 49.8. The van der Waals surface area contributed by atoms with Crippen molar-refractivity contribution in [1.29, 1.82) is 0 Å². The van der Waals surface area contributed by atoms with Crippen LogP contribution in [-0.2, 0) is 14.3 Å². The Kier molecular flexibility index (Phi) is 12.3. The van der Waals surface area contributed by atoms with Crippen LogP contribution in [0.2, 0.25) is 0 Å². The molecule has 0 saturated heterocycles. The Morgan fingerprint density at radius 2 is 1.29 bits per heavy atom. The lowest BCUT2D eigenvalue weighted by Crippen LogP contribution is -2.38. The molecule has 0 aliphatic rings. The van der Waals surface area contributed by atoms with Crippen molar-refractivity contribution in [2.24, 2.45) is 5.41 Å². The van der Waals surface area contributed by atoms with E-state index in [9.17, 15) is 22.8 Å². The van der Waals surface area contributed by atoms with E-state index in [4.69, 9.17) is 9.47 Å². The van der Waals surface area contributed by atoms with Crippen LogP contribution >= 0.6 is 0 Å². The third kappa shape index (κ3) is 9.32. The largest absolute Gasteiger partial charge is 0.465 e. The Bertz CT molecular complexity index is 704. The van der Waals surface area contributed by atoms with Crippen LogP contribution in [0.4, 0.5) is 13.2 Å². The third-order valence-corrected chi connectivity index (χ3v) is 5.20. The molecule has 1 aromatic rings. The fraction of sp³-hybridized carbons (Fsp3) is 0.667. The first-order valence-corrected chi connectivity index (χ1v) is 11.2. The number of hydrogen-bond acceptors (Lipinski definition) is 4. The van der Waals surface area contributed by atoms with Crippen LogP contribution in [0.25, 0.3) is 0 Å². The predicted octanol–water partition coefficient (Wildman–Crippen LogP) is 6.89. The maximum atomic E-state index is 13.7. The summed E-state index contributed by atoms with van der Waals surface area (Å²) in [6.07, 6.45) is 12.8. The van der Waals surface area contributed by atoms with Crippen molar-refractivity contribution >= 4 is 11.9 Å². The van der Waals surface area contributed by atoms with Gasteiger partial charge >= 0.3 is 11.9 Å². The normalized spacial score (nSPS) is 11.4. The van der Waals surface area contributed by atoms with E-state index >= 15 is 0 Å². The van der Waals surface area contributed by atoms with Crippen LogP contribution in [0.5, 0.6) is 5.75 Å². The molecule has 1 rings (SSSR count). The van der Waals surface area contributed by atoms with Gasteiger partial charge in [0.1, 0.15) is 0 Å². The molecular weight excluding hydrogens is 409 g/mol. The van der Waals surface area contributed by atoms with E-state index in [2.05, 4.69) is 6.92 Å². The smallest absolute Gasteiger partial charge is 0.328 e. The minimum atomic E-state index is -1.75. The average Bonchev–Trinajstić information content (AvgIpc) is 2.74. The summed E-state index contributed by atoms with van der Waals surface area (Å²) in [4.78, 5) is 24.5. The highest BCUT2D eigenvalue weighted by molar-refractivity contribution is 5.99. The predicted molar refractivity (Wildman–Crippen MR) is 113 cm³/mol. The van der Waals surface area contributed by atoms with E-state index in [1.807, 2.05) is 0 Å². The van der Waals surface area contributed by atoms with Gasteiger partial charge in [0.25, 0.3) is 0 Å². The van der Waals surface area contributed by atoms with Crippen LogP contribution in [-0.4, -0.2) is 18.5 Å². The highest BCUT2D eigenvalue weighted by Crippen LogP contribution is 2.26. The number of halogens is 3. The Hall–Kier alpha value is -2.05. The third-order valence-electron chi connectivity index (χ3n) is 5.20. The van der Waals surface area contributed by atoms with Gasteiger partial charge in [0.05, 0.1) is 6.61 Å². The van der Waals surface area contributed by atoms with E-state index in [0.717, 1.165) is 25.3 Å². The second kappa shape index (κ2) is 14.1. The molecule has 0 aliphatic carbocycles. The van der Waals surface area contributed by atoms with Gasteiger partial charge in [-0.05, 0) is 32.4 Å². The maximum absolute atomic E-state index is 13.7. The van der Waals surface area contributed by atoms with Gasteiger partial charge in [0, 0.05) is 0 Å². The molecular formula is C24H35F3O4. The number of rotatable bonds is 15. The van der Waals surface area contributed by atoms with Crippen molar-refractivity contribution < 1.29 is 32.2 Å². The van der Waals surface area contributed by atoms with Crippen molar-refractivity contribution in [2.45, 2.75) is 91.4 Å². The molecule has 176 valence electrons. The number of ether oxygens (including phenoxy) is 2. The van der Waals surface area contributed by atoms with Crippen LogP contribution < -0.4 is 4.74 Å². The zero-order valence-corrected chi connectivity index (χ0v) is 18.9. The second-order valence-electron chi connectivity index (χ2n) is 8.36. The van der Waals surface area contributed by atoms with Gasteiger partial charge in [-0.2, -0.15) is 4.39 Å². The van der Waals surface area contributed by atoms with Crippen molar-refractivity contribution in [3.63, 3.8) is 0 Å². The van der Waals surface area contributed by atoms with Gasteiger partial charge in [0.15, 0.2) is 22.8 Å². The Morgan fingerprint density at radius 1 is 0.774 bits per heavy atom. The first kappa shape index (κ1) is 27.0. The fourth-order valence-corrected chi connectivity index (χ4v) is 3.01. The molecule has 4 nitrogen and oxygen atoms in total. The first-order chi connectivity index (χ1) is 14.7. The molecule has 0 fully saturated rings. The summed E-state index contributed by atoms with van der Waals surface area (Å²) in [7, 11) is 0. The Balaban J connectivity index is 2.25. The van der Waals surface area contributed by atoms with E-state index in [1.54, 1.807) is 0 Å². The monoisotopic (exact) mass is 444 g/mol. The second-order valence-corrected chi connectivity index (χ2v) is 8.36. The van der Waals surface area contributed by atoms with Crippen molar-refractivity contribution in [3.8, 4) is 5.75 Å². The SMILES string of the molecule is CCCCCCCCCCCCCOC(=O)C(C)(C)C(=O)Oc1ccc(F)c(F)c1F.